The average molecular weight is 152 g/mol. The maximum Gasteiger partial charge on any atom is 0.0531 e. The first-order chi connectivity index (χ1) is 5.27. The fourth-order valence-corrected chi connectivity index (χ4v) is 2.51. The van der Waals surface area contributed by atoms with Crippen LogP contribution in [0, 0.1) is 5.92 Å². The molecule has 2 heterocycles. The minimum Gasteiger partial charge on any atom is -0.307 e. The second-order valence-electron chi connectivity index (χ2n) is 3.85. The number of nitrogens with one attached hydrogen (secondary N) is 1. The van der Waals surface area contributed by atoms with Crippen molar-refractivity contribution in [2.24, 2.45) is 5.92 Å². The van der Waals surface area contributed by atoms with Gasteiger partial charge in [-0.15, -0.1) is 6.58 Å². The van der Waals surface area contributed by atoms with Crippen molar-refractivity contribution in [1.82, 2.24) is 10.2 Å². The Balaban J connectivity index is 2.21. The second-order valence-corrected chi connectivity index (χ2v) is 3.85. The molecule has 0 bridgehead atoms. The van der Waals surface area contributed by atoms with Crippen molar-refractivity contribution in [1.29, 1.82) is 0 Å². The number of nitrogens with zero attached hydrogens (tertiary/aromatic N) is 1. The molecule has 1 unspecified atom stereocenters. The highest BCUT2D eigenvalue weighted by atomic mass is 15.2. The van der Waals surface area contributed by atoms with E-state index >= 15 is 0 Å². The lowest BCUT2D eigenvalue weighted by atomic mass is 9.89. The van der Waals surface area contributed by atoms with Gasteiger partial charge in [0, 0.05) is 13.1 Å². The molecule has 2 aliphatic heterocycles. The van der Waals surface area contributed by atoms with Crippen LogP contribution in [0.15, 0.2) is 12.7 Å². The highest BCUT2D eigenvalue weighted by molar-refractivity contribution is 5.16. The summed E-state index contributed by atoms with van der Waals surface area (Å²) in [6, 6.07) is 0. The van der Waals surface area contributed by atoms with Gasteiger partial charge in [-0.1, -0.05) is 6.08 Å². The summed E-state index contributed by atoms with van der Waals surface area (Å²) >= 11 is 0. The van der Waals surface area contributed by atoms with Gasteiger partial charge in [0.15, 0.2) is 0 Å². The standard InChI is InChI=1S/C9H16N2/c1-3-9-7-11(2)6-8(9)4-5-10-9/h3,8,10H,1,4-7H2,2H3/t8?,9-/m1/s1. The summed E-state index contributed by atoms with van der Waals surface area (Å²) in [7, 11) is 2.19. The molecule has 0 spiro atoms. The number of hydrogen-bond donors (Lipinski definition) is 1. The van der Waals surface area contributed by atoms with Crippen LogP contribution in [-0.2, 0) is 0 Å². The van der Waals surface area contributed by atoms with E-state index in [1.807, 2.05) is 0 Å². The van der Waals surface area contributed by atoms with Gasteiger partial charge in [0.1, 0.15) is 0 Å². The SMILES string of the molecule is C=C[C@@]12CN(C)CC1CCN2. The van der Waals surface area contributed by atoms with Crippen molar-refractivity contribution in [3.8, 4) is 0 Å². The van der Waals surface area contributed by atoms with E-state index in [4.69, 9.17) is 0 Å². The van der Waals surface area contributed by atoms with E-state index < -0.39 is 0 Å². The monoisotopic (exact) mass is 152 g/mol. The Kier molecular flexibility index (Phi) is 1.55. The van der Waals surface area contributed by atoms with Crippen LogP contribution in [0.4, 0.5) is 0 Å². The first kappa shape index (κ1) is 7.32. The predicted molar refractivity (Wildman–Crippen MR) is 46.5 cm³/mol. The number of likely N-dealkylation sites (N-methyl/N-ethyl adjacent to an activating group) is 1. The molecule has 2 atom stereocenters. The summed E-state index contributed by atoms with van der Waals surface area (Å²) in [5.41, 5.74) is 0.259. The zero-order valence-electron chi connectivity index (χ0n) is 7.14. The smallest absolute Gasteiger partial charge is 0.0531 e. The first-order valence-electron chi connectivity index (χ1n) is 4.34. The molecule has 0 aliphatic carbocycles. The highest BCUT2D eigenvalue weighted by Crippen LogP contribution is 2.34. The maximum absolute atomic E-state index is 3.92. The highest BCUT2D eigenvalue weighted by Gasteiger charge is 2.45. The van der Waals surface area contributed by atoms with Crippen molar-refractivity contribution >= 4 is 0 Å². The van der Waals surface area contributed by atoms with Crippen LogP contribution in [0.1, 0.15) is 6.42 Å². The molecule has 2 heteroatoms. The van der Waals surface area contributed by atoms with Gasteiger partial charge in [-0.3, -0.25) is 0 Å². The Morgan fingerprint density at radius 1 is 1.73 bits per heavy atom. The summed E-state index contributed by atoms with van der Waals surface area (Å²) in [6.07, 6.45) is 3.42. The molecule has 2 nitrogen and oxygen atoms in total. The lowest BCUT2D eigenvalue weighted by Gasteiger charge is -2.24. The third-order valence-corrected chi connectivity index (χ3v) is 3.10. The van der Waals surface area contributed by atoms with Crippen LogP contribution in [0.25, 0.3) is 0 Å². The van der Waals surface area contributed by atoms with Crippen LogP contribution >= 0.6 is 0 Å². The molecule has 62 valence electrons. The van der Waals surface area contributed by atoms with Crippen molar-refractivity contribution in [3.05, 3.63) is 12.7 Å². The zero-order chi connectivity index (χ0) is 7.90. The molecular weight excluding hydrogens is 136 g/mol. The van der Waals surface area contributed by atoms with E-state index in [2.05, 4.69) is 29.9 Å². The largest absolute Gasteiger partial charge is 0.307 e. The van der Waals surface area contributed by atoms with Crippen molar-refractivity contribution in [3.63, 3.8) is 0 Å². The third kappa shape index (κ3) is 0.932. The lowest BCUT2D eigenvalue weighted by molar-refractivity contribution is 0.369. The second kappa shape index (κ2) is 2.32. The molecule has 11 heavy (non-hydrogen) atoms. The minimum atomic E-state index is 0.259. The van der Waals surface area contributed by atoms with Crippen molar-refractivity contribution in [2.75, 3.05) is 26.7 Å². The Bertz CT molecular complexity index is 178. The molecule has 0 aromatic heterocycles. The van der Waals surface area contributed by atoms with Gasteiger partial charge >= 0.3 is 0 Å². The van der Waals surface area contributed by atoms with E-state index in [-0.39, 0.29) is 5.54 Å². The molecule has 1 N–H and O–H groups in total. The molecule has 0 aromatic carbocycles. The number of fused-ring (bicyclic) bond motifs is 1. The fourth-order valence-electron chi connectivity index (χ4n) is 2.51. The minimum absolute atomic E-state index is 0.259. The van der Waals surface area contributed by atoms with E-state index in [1.54, 1.807) is 0 Å². The van der Waals surface area contributed by atoms with Crippen LogP contribution in [0.5, 0.6) is 0 Å². The fraction of sp³-hybridized carbons (Fsp3) is 0.778. The van der Waals surface area contributed by atoms with Crippen LogP contribution in [0.3, 0.4) is 0 Å². The van der Waals surface area contributed by atoms with E-state index in [1.165, 1.54) is 19.5 Å². The molecule has 2 fully saturated rings. The van der Waals surface area contributed by atoms with Crippen LogP contribution in [-0.4, -0.2) is 37.1 Å². The van der Waals surface area contributed by atoms with Gasteiger partial charge < -0.3 is 10.2 Å². The average Bonchev–Trinajstić information content (AvgIpc) is 2.43. The van der Waals surface area contributed by atoms with E-state index in [0.717, 1.165) is 12.5 Å². The molecule has 0 saturated carbocycles. The van der Waals surface area contributed by atoms with Gasteiger partial charge in [-0.25, -0.2) is 0 Å². The maximum atomic E-state index is 3.92. The molecule has 0 radical (unpaired) electrons. The van der Waals surface area contributed by atoms with Gasteiger partial charge in [0.2, 0.25) is 0 Å². The lowest BCUT2D eigenvalue weighted by Crippen LogP contribution is -2.43. The van der Waals surface area contributed by atoms with Gasteiger partial charge in [-0.2, -0.15) is 0 Å². The first-order valence-corrected chi connectivity index (χ1v) is 4.34. The normalized spacial score (nSPS) is 44.3. The summed E-state index contributed by atoms with van der Waals surface area (Å²) in [4.78, 5) is 2.39. The Labute approximate surface area is 68.3 Å². The summed E-state index contributed by atoms with van der Waals surface area (Å²) < 4.78 is 0. The number of likely N-dealkylation sites (tertiary alicyclic amines) is 1. The van der Waals surface area contributed by atoms with Crippen LogP contribution < -0.4 is 5.32 Å². The Hall–Kier alpha value is -0.340. The number of hydrogen-bond acceptors (Lipinski definition) is 2. The number of rotatable bonds is 1. The summed E-state index contributed by atoms with van der Waals surface area (Å²) in [5.74, 6) is 0.810. The third-order valence-electron chi connectivity index (χ3n) is 3.10. The van der Waals surface area contributed by atoms with Gasteiger partial charge in [-0.05, 0) is 25.9 Å². The van der Waals surface area contributed by atoms with Crippen molar-refractivity contribution in [2.45, 2.75) is 12.0 Å². The summed E-state index contributed by atoms with van der Waals surface area (Å²) in [6.45, 7) is 7.47. The quantitative estimate of drug-likeness (QED) is 0.549. The molecule has 2 aliphatic rings. The molecule has 0 aromatic rings. The van der Waals surface area contributed by atoms with E-state index in [0.29, 0.717) is 0 Å². The molecular formula is C9H16N2. The van der Waals surface area contributed by atoms with Gasteiger partial charge in [0.25, 0.3) is 0 Å². The molecule has 2 saturated heterocycles. The Morgan fingerprint density at radius 3 is 3.18 bits per heavy atom. The van der Waals surface area contributed by atoms with Crippen LogP contribution in [0.2, 0.25) is 0 Å². The van der Waals surface area contributed by atoms with E-state index in [9.17, 15) is 0 Å². The molecule has 0 amide bonds. The Morgan fingerprint density at radius 2 is 2.55 bits per heavy atom. The summed E-state index contributed by atoms with van der Waals surface area (Å²) in [5, 5.41) is 3.55. The van der Waals surface area contributed by atoms with Crippen molar-refractivity contribution < 1.29 is 0 Å². The predicted octanol–water partition coefficient (Wildman–Crippen LogP) is 0.466. The molecule has 2 rings (SSSR count). The zero-order valence-corrected chi connectivity index (χ0v) is 7.14. The van der Waals surface area contributed by atoms with Gasteiger partial charge in [0.05, 0.1) is 5.54 Å². The topological polar surface area (TPSA) is 15.3 Å².